The number of nitrogens with one attached hydrogen (secondary N) is 2. The molecule has 2 atom stereocenters. The van der Waals surface area contributed by atoms with Gasteiger partial charge in [0.05, 0.1) is 24.1 Å². The van der Waals surface area contributed by atoms with Gasteiger partial charge in [-0.2, -0.15) is 0 Å². The van der Waals surface area contributed by atoms with Crippen molar-refractivity contribution < 1.29 is 9.59 Å². The first-order chi connectivity index (χ1) is 8.66. The van der Waals surface area contributed by atoms with Crippen LogP contribution >= 0.6 is 0 Å². The molecule has 0 radical (unpaired) electrons. The van der Waals surface area contributed by atoms with Crippen LogP contribution in [0.1, 0.15) is 31.4 Å². The molecule has 0 saturated carbocycles. The Balaban J connectivity index is 1.94. The van der Waals surface area contributed by atoms with Crippen molar-refractivity contribution in [3.05, 3.63) is 18.2 Å². The molecule has 6 nitrogen and oxygen atoms in total. The van der Waals surface area contributed by atoms with Gasteiger partial charge in [-0.25, -0.2) is 4.98 Å². The molecule has 98 valence electrons. The molecule has 0 spiro atoms. The highest BCUT2D eigenvalue weighted by Crippen LogP contribution is 2.12. The molecule has 2 rings (SSSR count). The molecule has 2 heterocycles. The quantitative estimate of drug-likeness (QED) is 0.695. The molecule has 1 aliphatic rings. The molecule has 18 heavy (non-hydrogen) atoms. The number of amides is 1. The third-order valence-corrected chi connectivity index (χ3v) is 3.17. The number of imidazole rings is 1. The Morgan fingerprint density at radius 2 is 2.39 bits per heavy atom. The second kappa shape index (κ2) is 5.77. The van der Waals surface area contributed by atoms with Crippen LogP contribution in [0.25, 0.3) is 0 Å². The number of nitrogens with two attached hydrogens (primary N) is 1. The SMILES string of the molecule is N[C@@H](Cc1c[nH]cn1)C(=O)C1CCCCC(=O)N1. The van der Waals surface area contributed by atoms with E-state index in [2.05, 4.69) is 15.3 Å². The average molecular weight is 250 g/mol. The van der Waals surface area contributed by atoms with E-state index in [1.54, 1.807) is 12.5 Å². The topological polar surface area (TPSA) is 101 Å². The molecule has 1 amide bonds. The van der Waals surface area contributed by atoms with Gasteiger partial charge in [0.25, 0.3) is 0 Å². The van der Waals surface area contributed by atoms with E-state index in [1.165, 1.54) is 0 Å². The molecular weight excluding hydrogens is 232 g/mol. The molecule has 1 aromatic heterocycles. The third-order valence-electron chi connectivity index (χ3n) is 3.17. The zero-order valence-corrected chi connectivity index (χ0v) is 10.2. The van der Waals surface area contributed by atoms with Crippen LogP contribution in [0.15, 0.2) is 12.5 Å². The number of Topliss-reactive ketones (excluding diaryl/α,β-unsaturated/α-hetero) is 1. The maximum atomic E-state index is 12.1. The first kappa shape index (κ1) is 12.8. The number of carbonyl (C=O) groups excluding carboxylic acids is 2. The Kier molecular flexibility index (Phi) is 4.09. The van der Waals surface area contributed by atoms with Crippen molar-refractivity contribution >= 4 is 11.7 Å². The molecule has 0 aliphatic carbocycles. The maximum absolute atomic E-state index is 12.1. The second-order valence-electron chi connectivity index (χ2n) is 4.64. The molecule has 0 bridgehead atoms. The van der Waals surface area contributed by atoms with Gasteiger partial charge < -0.3 is 16.0 Å². The highest BCUT2D eigenvalue weighted by molar-refractivity contribution is 5.92. The van der Waals surface area contributed by atoms with Crippen molar-refractivity contribution in [1.29, 1.82) is 0 Å². The molecular formula is C12H18N4O2. The summed E-state index contributed by atoms with van der Waals surface area (Å²) in [6.45, 7) is 0. The summed E-state index contributed by atoms with van der Waals surface area (Å²) in [5, 5.41) is 2.74. The smallest absolute Gasteiger partial charge is 0.220 e. The average Bonchev–Trinajstić information content (AvgIpc) is 2.75. The lowest BCUT2D eigenvalue weighted by atomic mass is 9.98. The Morgan fingerprint density at radius 3 is 3.11 bits per heavy atom. The van der Waals surface area contributed by atoms with Crippen LogP contribution in [-0.2, 0) is 16.0 Å². The molecule has 6 heteroatoms. The lowest BCUT2D eigenvalue weighted by molar-refractivity contribution is -0.128. The minimum Gasteiger partial charge on any atom is -0.351 e. The predicted octanol–water partition coefficient (Wildman–Crippen LogP) is -0.0926. The zero-order valence-electron chi connectivity index (χ0n) is 10.2. The van der Waals surface area contributed by atoms with E-state index < -0.39 is 12.1 Å². The van der Waals surface area contributed by atoms with E-state index in [-0.39, 0.29) is 11.7 Å². The highest BCUT2D eigenvalue weighted by atomic mass is 16.2. The number of aromatic nitrogens is 2. The van der Waals surface area contributed by atoms with E-state index in [9.17, 15) is 9.59 Å². The van der Waals surface area contributed by atoms with Gasteiger partial charge in [-0.1, -0.05) is 6.42 Å². The number of aromatic amines is 1. The van der Waals surface area contributed by atoms with Crippen molar-refractivity contribution in [2.45, 2.75) is 44.2 Å². The van der Waals surface area contributed by atoms with Gasteiger partial charge in [0.1, 0.15) is 0 Å². The van der Waals surface area contributed by atoms with Gasteiger partial charge in [-0.15, -0.1) is 0 Å². The van der Waals surface area contributed by atoms with Crippen molar-refractivity contribution in [2.24, 2.45) is 5.73 Å². The van der Waals surface area contributed by atoms with Gasteiger partial charge in [0, 0.05) is 19.0 Å². The van der Waals surface area contributed by atoms with Gasteiger partial charge >= 0.3 is 0 Å². The molecule has 1 fully saturated rings. The Hall–Kier alpha value is -1.69. The second-order valence-corrected chi connectivity index (χ2v) is 4.64. The summed E-state index contributed by atoms with van der Waals surface area (Å²) in [5.41, 5.74) is 6.64. The van der Waals surface area contributed by atoms with Crippen LogP contribution in [0.2, 0.25) is 0 Å². The van der Waals surface area contributed by atoms with Gasteiger partial charge in [0.2, 0.25) is 5.91 Å². The van der Waals surface area contributed by atoms with Crippen molar-refractivity contribution in [3.8, 4) is 0 Å². The fraction of sp³-hybridized carbons (Fsp3) is 0.583. The van der Waals surface area contributed by atoms with E-state index in [0.717, 1.165) is 18.5 Å². The molecule has 1 saturated heterocycles. The van der Waals surface area contributed by atoms with Gasteiger partial charge in [-0.3, -0.25) is 9.59 Å². The van der Waals surface area contributed by atoms with Gasteiger partial charge in [0.15, 0.2) is 5.78 Å². The first-order valence-corrected chi connectivity index (χ1v) is 6.23. The normalized spacial score (nSPS) is 22.1. The lowest BCUT2D eigenvalue weighted by Crippen LogP contribution is -2.48. The largest absolute Gasteiger partial charge is 0.351 e. The van der Waals surface area contributed by atoms with Crippen molar-refractivity contribution in [3.63, 3.8) is 0 Å². The molecule has 1 unspecified atom stereocenters. The van der Waals surface area contributed by atoms with Crippen molar-refractivity contribution in [1.82, 2.24) is 15.3 Å². The standard InChI is InChI=1S/C12H18N4O2/c13-9(5-8-6-14-7-15-8)12(18)10-3-1-2-4-11(17)16-10/h6-7,9-10H,1-5,13H2,(H,14,15)(H,16,17)/t9-,10?/m0/s1. The summed E-state index contributed by atoms with van der Waals surface area (Å²) in [7, 11) is 0. The highest BCUT2D eigenvalue weighted by Gasteiger charge is 2.27. The summed E-state index contributed by atoms with van der Waals surface area (Å²) >= 11 is 0. The Labute approximate surface area is 105 Å². The fourth-order valence-corrected chi connectivity index (χ4v) is 2.17. The Bertz CT molecular complexity index is 416. The number of carbonyl (C=O) groups is 2. The number of nitrogens with zero attached hydrogens (tertiary/aromatic N) is 1. The van der Waals surface area contributed by atoms with Gasteiger partial charge in [-0.05, 0) is 12.8 Å². The summed E-state index contributed by atoms with van der Waals surface area (Å²) < 4.78 is 0. The number of rotatable bonds is 4. The summed E-state index contributed by atoms with van der Waals surface area (Å²) in [5.74, 6) is -0.161. The number of hydrogen-bond acceptors (Lipinski definition) is 4. The van der Waals surface area contributed by atoms with Crippen LogP contribution in [0.4, 0.5) is 0 Å². The zero-order chi connectivity index (χ0) is 13.0. The van der Waals surface area contributed by atoms with E-state index in [1.807, 2.05) is 0 Å². The molecule has 4 N–H and O–H groups in total. The molecule has 0 aromatic carbocycles. The summed E-state index contributed by atoms with van der Waals surface area (Å²) in [4.78, 5) is 30.4. The fourth-order valence-electron chi connectivity index (χ4n) is 2.17. The van der Waals surface area contributed by atoms with Crippen LogP contribution in [0.3, 0.4) is 0 Å². The molecule has 1 aliphatic heterocycles. The first-order valence-electron chi connectivity index (χ1n) is 6.23. The van der Waals surface area contributed by atoms with E-state index in [0.29, 0.717) is 19.3 Å². The number of hydrogen-bond donors (Lipinski definition) is 3. The van der Waals surface area contributed by atoms with Crippen molar-refractivity contribution in [2.75, 3.05) is 0 Å². The number of H-pyrrole nitrogens is 1. The summed E-state index contributed by atoms with van der Waals surface area (Å²) in [6, 6.07) is -1.05. The van der Waals surface area contributed by atoms with Crippen LogP contribution < -0.4 is 11.1 Å². The minimum absolute atomic E-state index is 0.0576. The van der Waals surface area contributed by atoms with Crippen LogP contribution in [-0.4, -0.2) is 33.7 Å². The Morgan fingerprint density at radius 1 is 1.56 bits per heavy atom. The minimum atomic E-state index is -0.614. The van der Waals surface area contributed by atoms with Crippen LogP contribution in [0.5, 0.6) is 0 Å². The monoisotopic (exact) mass is 250 g/mol. The summed E-state index contributed by atoms with van der Waals surface area (Å²) in [6.07, 6.45) is 6.57. The van der Waals surface area contributed by atoms with Crippen LogP contribution in [0, 0.1) is 0 Å². The van der Waals surface area contributed by atoms with E-state index >= 15 is 0 Å². The lowest BCUT2D eigenvalue weighted by Gasteiger charge is -2.18. The molecule has 1 aromatic rings. The third kappa shape index (κ3) is 3.16. The number of ketones is 1. The maximum Gasteiger partial charge on any atom is 0.220 e. The van der Waals surface area contributed by atoms with E-state index in [4.69, 9.17) is 5.73 Å². The predicted molar refractivity (Wildman–Crippen MR) is 65.7 cm³/mol.